The molecule has 0 unspecified atom stereocenters. The van der Waals surface area contributed by atoms with Crippen LogP contribution in [0.3, 0.4) is 0 Å². The Bertz CT molecular complexity index is 660. The van der Waals surface area contributed by atoms with E-state index < -0.39 is 0 Å². The van der Waals surface area contributed by atoms with Crippen LogP contribution in [-0.2, 0) is 16.1 Å². The van der Waals surface area contributed by atoms with Gasteiger partial charge in [0.1, 0.15) is 18.2 Å². The summed E-state index contributed by atoms with van der Waals surface area (Å²) in [4.78, 5) is 23.5. The Morgan fingerprint density at radius 1 is 1.21 bits per heavy atom. The largest absolute Gasteiger partial charge is 0.364 e. The van der Waals surface area contributed by atoms with Crippen LogP contribution in [0.15, 0.2) is 30.3 Å². The van der Waals surface area contributed by atoms with Crippen LogP contribution in [0.1, 0.15) is 34.6 Å². The van der Waals surface area contributed by atoms with E-state index in [0.29, 0.717) is 17.2 Å². The molecule has 0 fully saturated rings. The predicted molar refractivity (Wildman–Crippen MR) is 91.9 cm³/mol. The SMILES string of the molecule is CCCCNC(=O)COCc1nnc(C(=O)Nc2ccccc2)s1. The first-order valence-electron chi connectivity index (χ1n) is 7.72. The van der Waals surface area contributed by atoms with E-state index in [4.69, 9.17) is 4.74 Å². The number of hydrogen-bond acceptors (Lipinski definition) is 6. The van der Waals surface area contributed by atoms with Crippen molar-refractivity contribution in [1.82, 2.24) is 15.5 Å². The Hall–Kier alpha value is -2.32. The number of hydrogen-bond donors (Lipinski definition) is 2. The first-order valence-corrected chi connectivity index (χ1v) is 8.54. The Kier molecular flexibility index (Phi) is 7.31. The van der Waals surface area contributed by atoms with E-state index in [1.165, 1.54) is 0 Å². The molecule has 0 aliphatic carbocycles. The van der Waals surface area contributed by atoms with Gasteiger partial charge in [0.2, 0.25) is 10.9 Å². The third-order valence-corrected chi connectivity index (χ3v) is 3.90. The molecule has 1 heterocycles. The maximum Gasteiger partial charge on any atom is 0.286 e. The number of unbranched alkanes of at least 4 members (excludes halogenated alkanes) is 1. The van der Waals surface area contributed by atoms with Gasteiger partial charge >= 0.3 is 0 Å². The van der Waals surface area contributed by atoms with E-state index in [9.17, 15) is 9.59 Å². The van der Waals surface area contributed by atoms with Crippen molar-refractivity contribution in [3.8, 4) is 0 Å². The number of carbonyl (C=O) groups is 2. The van der Waals surface area contributed by atoms with Gasteiger partial charge in [-0.2, -0.15) is 0 Å². The summed E-state index contributed by atoms with van der Waals surface area (Å²) in [5.74, 6) is -0.475. The van der Waals surface area contributed by atoms with Crippen LogP contribution >= 0.6 is 11.3 Å². The maximum absolute atomic E-state index is 12.0. The van der Waals surface area contributed by atoms with E-state index in [2.05, 4.69) is 27.8 Å². The van der Waals surface area contributed by atoms with Gasteiger partial charge in [0.15, 0.2) is 0 Å². The van der Waals surface area contributed by atoms with Crippen molar-refractivity contribution in [3.63, 3.8) is 0 Å². The van der Waals surface area contributed by atoms with E-state index in [1.54, 1.807) is 12.1 Å². The van der Waals surface area contributed by atoms with Gasteiger partial charge in [-0.1, -0.05) is 42.9 Å². The molecule has 0 radical (unpaired) electrons. The molecule has 0 aliphatic heterocycles. The number of amides is 2. The second-order valence-corrected chi connectivity index (χ2v) is 6.08. The highest BCUT2D eigenvalue weighted by molar-refractivity contribution is 7.13. The molecule has 128 valence electrons. The topological polar surface area (TPSA) is 93.2 Å². The molecule has 2 rings (SSSR count). The highest BCUT2D eigenvalue weighted by Crippen LogP contribution is 2.13. The molecule has 0 saturated carbocycles. The summed E-state index contributed by atoms with van der Waals surface area (Å²) < 4.78 is 5.29. The number of nitrogens with one attached hydrogen (secondary N) is 2. The van der Waals surface area contributed by atoms with Crippen LogP contribution in [0.2, 0.25) is 0 Å². The second-order valence-electron chi connectivity index (χ2n) is 5.02. The molecular weight excluding hydrogens is 328 g/mol. The van der Waals surface area contributed by atoms with Gasteiger partial charge in [0.05, 0.1) is 0 Å². The molecule has 7 nitrogen and oxygen atoms in total. The van der Waals surface area contributed by atoms with Crippen molar-refractivity contribution >= 4 is 28.8 Å². The fourth-order valence-corrected chi connectivity index (χ4v) is 2.47. The molecule has 1 aromatic carbocycles. The summed E-state index contributed by atoms with van der Waals surface area (Å²) in [5.41, 5.74) is 0.694. The van der Waals surface area contributed by atoms with Crippen LogP contribution in [0.4, 0.5) is 5.69 Å². The van der Waals surface area contributed by atoms with Gasteiger partial charge in [-0.25, -0.2) is 0 Å². The van der Waals surface area contributed by atoms with Crippen molar-refractivity contribution in [1.29, 1.82) is 0 Å². The van der Waals surface area contributed by atoms with Gasteiger partial charge in [0.25, 0.3) is 5.91 Å². The summed E-state index contributed by atoms with van der Waals surface area (Å²) in [6.07, 6.45) is 1.97. The number of rotatable bonds is 9. The molecule has 0 aliphatic rings. The summed E-state index contributed by atoms with van der Waals surface area (Å²) in [6.45, 7) is 2.83. The number of ether oxygens (including phenoxy) is 1. The zero-order valence-corrected chi connectivity index (χ0v) is 14.3. The summed E-state index contributed by atoms with van der Waals surface area (Å²) in [5, 5.41) is 14.1. The third kappa shape index (κ3) is 6.05. The summed E-state index contributed by atoms with van der Waals surface area (Å²) in [6, 6.07) is 9.12. The maximum atomic E-state index is 12.0. The molecular formula is C16H20N4O3S. The zero-order valence-electron chi connectivity index (χ0n) is 13.4. The van der Waals surface area contributed by atoms with Crippen LogP contribution in [0.5, 0.6) is 0 Å². The summed E-state index contributed by atoms with van der Waals surface area (Å²) >= 11 is 1.14. The number of anilines is 1. The minimum absolute atomic E-state index is 0.0329. The van der Waals surface area contributed by atoms with Gasteiger partial charge in [-0.3, -0.25) is 9.59 Å². The number of para-hydroxylation sites is 1. The normalized spacial score (nSPS) is 10.4. The monoisotopic (exact) mass is 348 g/mol. The second kappa shape index (κ2) is 9.74. The third-order valence-electron chi connectivity index (χ3n) is 3.00. The highest BCUT2D eigenvalue weighted by Gasteiger charge is 2.13. The molecule has 0 atom stereocenters. The smallest absolute Gasteiger partial charge is 0.286 e. The Morgan fingerprint density at radius 3 is 2.75 bits per heavy atom. The van der Waals surface area contributed by atoms with Crippen molar-refractivity contribution in [2.45, 2.75) is 26.4 Å². The summed E-state index contributed by atoms with van der Waals surface area (Å²) in [7, 11) is 0. The molecule has 8 heteroatoms. The van der Waals surface area contributed by atoms with Gasteiger partial charge in [0, 0.05) is 12.2 Å². The van der Waals surface area contributed by atoms with Crippen LogP contribution < -0.4 is 10.6 Å². The Balaban J connectivity index is 1.74. The van der Waals surface area contributed by atoms with Crippen molar-refractivity contribution < 1.29 is 14.3 Å². The van der Waals surface area contributed by atoms with E-state index in [1.807, 2.05) is 18.2 Å². The number of benzene rings is 1. The Labute approximate surface area is 144 Å². The van der Waals surface area contributed by atoms with Crippen LogP contribution in [0.25, 0.3) is 0 Å². The minimum atomic E-state index is -0.317. The van der Waals surface area contributed by atoms with Crippen LogP contribution in [-0.4, -0.2) is 35.2 Å². The van der Waals surface area contributed by atoms with Gasteiger partial charge in [-0.05, 0) is 18.6 Å². The quantitative estimate of drug-likeness (QED) is 0.678. The lowest BCUT2D eigenvalue weighted by Crippen LogP contribution is -2.28. The molecule has 1 aromatic heterocycles. The average Bonchev–Trinajstić information content (AvgIpc) is 3.05. The number of aromatic nitrogens is 2. The lowest BCUT2D eigenvalue weighted by Gasteiger charge is -2.04. The van der Waals surface area contributed by atoms with Gasteiger partial charge < -0.3 is 15.4 Å². The average molecular weight is 348 g/mol. The molecule has 0 bridgehead atoms. The molecule has 24 heavy (non-hydrogen) atoms. The first kappa shape index (κ1) is 18.0. The van der Waals surface area contributed by atoms with Crippen molar-refractivity contribution in [2.75, 3.05) is 18.5 Å². The van der Waals surface area contributed by atoms with Crippen molar-refractivity contribution in [3.05, 3.63) is 40.3 Å². The Morgan fingerprint density at radius 2 is 2.00 bits per heavy atom. The van der Waals surface area contributed by atoms with Crippen LogP contribution in [0, 0.1) is 0 Å². The molecule has 0 spiro atoms. The lowest BCUT2D eigenvalue weighted by molar-refractivity contribution is -0.126. The number of carbonyl (C=O) groups excluding carboxylic acids is 2. The number of nitrogens with zero attached hydrogens (tertiary/aromatic N) is 2. The van der Waals surface area contributed by atoms with E-state index in [0.717, 1.165) is 24.2 Å². The highest BCUT2D eigenvalue weighted by atomic mass is 32.1. The van der Waals surface area contributed by atoms with E-state index >= 15 is 0 Å². The van der Waals surface area contributed by atoms with Crippen molar-refractivity contribution in [2.24, 2.45) is 0 Å². The minimum Gasteiger partial charge on any atom is -0.364 e. The van der Waals surface area contributed by atoms with E-state index in [-0.39, 0.29) is 30.0 Å². The standard InChI is InChI=1S/C16H20N4O3S/c1-2-3-9-17-13(21)10-23-11-14-19-20-16(24-14)15(22)18-12-7-5-4-6-8-12/h4-8H,2-3,9-11H2,1H3,(H,17,21)(H,18,22). The molecule has 2 aromatic rings. The lowest BCUT2D eigenvalue weighted by atomic mass is 10.3. The predicted octanol–water partition coefficient (Wildman–Crippen LogP) is 2.22. The molecule has 0 saturated heterocycles. The molecule has 2 N–H and O–H groups in total. The fourth-order valence-electron chi connectivity index (χ4n) is 1.80. The van der Waals surface area contributed by atoms with Gasteiger partial charge in [-0.15, -0.1) is 10.2 Å². The fraction of sp³-hybridized carbons (Fsp3) is 0.375. The first-order chi connectivity index (χ1) is 11.7. The zero-order chi connectivity index (χ0) is 17.2. The molecule has 2 amide bonds.